The first-order valence-electron chi connectivity index (χ1n) is 5.96. The highest BCUT2D eigenvalue weighted by molar-refractivity contribution is 5.94. The number of likely N-dealkylation sites (N-methyl/N-ethyl adjacent to an activating group) is 1. The summed E-state index contributed by atoms with van der Waals surface area (Å²) in [6, 6.07) is 3.24. The fraction of sp³-hybridized carbons (Fsp3) is 0.500. The first-order valence-corrected chi connectivity index (χ1v) is 5.96. The first kappa shape index (κ1) is 15.5. The fourth-order valence-corrected chi connectivity index (χ4v) is 1.88. The summed E-state index contributed by atoms with van der Waals surface area (Å²) < 4.78 is 5.02. The van der Waals surface area contributed by atoms with E-state index >= 15 is 0 Å². The Kier molecular flexibility index (Phi) is 5.85. The minimum absolute atomic E-state index is 0. The van der Waals surface area contributed by atoms with Gasteiger partial charge in [-0.25, -0.2) is 0 Å². The van der Waals surface area contributed by atoms with Crippen molar-refractivity contribution < 1.29 is 14.0 Å². The number of carbonyl (C=O) groups is 2. The number of furan rings is 1. The smallest absolute Gasteiger partial charge is 0.289 e. The summed E-state index contributed by atoms with van der Waals surface area (Å²) in [6.45, 7) is 3.09. The monoisotopic (exact) mass is 287 g/mol. The highest BCUT2D eigenvalue weighted by Gasteiger charge is 2.21. The number of rotatable bonds is 3. The molecule has 1 saturated heterocycles. The zero-order chi connectivity index (χ0) is 13.0. The van der Waals surface area contributed by atoms with E-state index in [0.717, 1.165) is 13.1 Å². The SMILES string of the molecule is CN(CC(=O)N1CCNCC1)C(=O)c1ccco1.Cl. The molecule has 1 aromatic heterocycles. The molecule has 1 aliphatic heterocycles. The number of nitrogens with one attached hydrogen (secondary N) is 1. The molecular formula is C12H18ClN3O3. The van der Waals surface area contributed by atoms with Crippen LogP contribution in [0, 0.1) is 0 Å². The maximum atomic E-state index is 12.0. The fourth-order valence-electron chi connectivity index (χ4n) is 1.88. The van der Waals surface area contributed by atoms with Crippen molar-refractivity contribution in [2.75, 3.05) is 39.8 Å². The highest BCUT2D eigenvalue weighted by Crippen LogP contribution is 2.04. The topological polar surface area (TPSA) is 65.8 Å². The van der Waals surface area contributed by atoms with Gasteiger partial charge < -0.3 is 19.5 Å². The van der Waals surface area contributed by atoms with Gasteiger partial charge in [0.15, 0.2) is 5.76 Å². The number of piperazine rings is 1. The van der Waals surface area contributed by atoms with Gasteiger partial charge in [0, 0.05) is 33.2 Å². The Morgan fingerprint density at radius 1 is 1.42 bits per heavy atom. The van der Waals surface area contributed by atoms with Crippen LogP contribution in [0.15, 0.2) is 22.8 Å². The van der Waals surface area contributed by atoms with E-state index in [2.05, 4.69) is 5.32 Å². The summed E-state index contributed by atoms with van der Waals surface area (Å²) in [6.07, 6.45) is 1.44. The molecule has 2 heterocycles. The van der Waals surface area contributed by atoms with Crippen LogP contribution < -0.4 is 5.32 Å². The summed E-state index contributed by atoms with van der Waals surface area (Å²) in [4.78, 5) is 27.0. The van der Waals surface area contributed by atoms with Gasteiger partial charge in [0.25, 0.3) is 5.91 Å². The summed E-state index contributed by atoms with van der Waals surface area (Å²) in [7, 11) is 1.60. The van der Waals surface area contributed by atoms with E-state index in [1.54, 1.807) is 24.1 Å². The lowest BCUT2D eigenvalue weighted by atomic mass is 10.3. The zero-order valence-corrected chi connectivity index (χ0v) is 11.6. The standard InChI is InChI=1S/C12H17N3O3.ClH/c1-14(12(17)10-3-2-8-18-10)9-11(16)15-6-4-13-5-7-15;/h2-3,8,13H,4-7,9H2,1H3;1H. The van der Waals surface area contributed by atoms with Gasteiger partial charge in [0.2, 0.25) is 5.91 Å². The first-order chi connectivity index (χ1) is 8.68. The molecule has 1 aliphatic rings. The second-order valence-corrected chi connectivity index (χ2v) is 4.27. The van der Waals surface area contributed by atoms with Gasteiger partial charge >= 0.3 is 0 Å². The Balaban J connectivity index is 0.00000180. The molecule has 1 fully saturated rings. The van der Waals surface area contributed by atoms with E-state index in [-0.39, 0.29) is 36.5 Å². The summed E-state index contributed by atoms with van der Waals surface area (Å²) >= 11 is 0. The molecule has 0 radical (unpaired) electrons. The molecule has 0 aliphatic carbocycles. The third-order valence-corrected chi connectivity index (χ3v) is 2.92. The van der Waals surface area contributed by atoms with Crippen molar-refractivity contribution in [1.29, 1.82) is 0 Å². The van der Waals surface area contributed by atoms with Crippen LogP contribution in [0.3, 0.4) is 0 Å². The number of nitrogens with zero attached hydrogens (tertiary/aromatic N) is 2. The predicted molar refractivity (Wildman–Crippen MR) is 72.4 cm³/mol. The van der Waals surface area contributed by atoms with Gasteiger partial charge in [-0.1, -0.05) is 0 Å². The Morgan fingerprint density at radius 2 is 2.11 bits per heavy atom. The molecule has 106 valence electrons. The molecule has 2 rings (SSSR count). The van der Waals surface area contributed by atoms with Crippen LogP contribution in [0.4, 0.5) is 0 Å². The minimum Gasteiger partial charge on any atom is -0.459 e. The minimum atomic E-state index is -0.275. The molecule has 6 nitrogen and oxygen atoms in total. The third kappa shape index (κ3) is 3.97. The van der Waals surface area contributed by atoms with Crippen LogP contribution in [-0.4, -0.2) is 61.4 Å². The van der Waals surface area contributed by atoms with Gasteiger partial charge in [-0.15, -0.1) is 12.4 Å². The lowest BCUT2D eigenvalue weighted by Crippen LogP contribution is -2.49. The second-order valence-electron chi connectivity index (χ2n) is 4.27. The summed E-state index contributed by atoms with van der Waals surface area (Å²) in [5.74, 6) is -0.0481. The van der Waals surface area contributed by atoms with E-state index in [0.29, 0.717) is 13.1 Å². The van der Waals surface area contributed by atoms with Gasteiger partial charge in [-0.05, 0) is 12.1 Å². The molecule has 0 spiro atoms. The lowest BCUT2D eigenvalue weighted by Gasteiger charge is -2.29. The van der Waals surface area contributed by atoms with Crippen molar-refractivity contribution >= 4 is 24.2 Å². The Labute approximate surface area is 118 Å². The van der Waals surface area contributed by atoms with Crippen molar-refractivity contribution in [3.63, 3.8) is 0 Å². The van der Waals surface area contributed by atoms with Crippen LogP contribution in [0.5, 0.6) is 0 Å². The van der Waals surface area contributed by atoms with Gasteiger partial charge in [0.1, 0.15) is 0 Å². The molecule has 1 N–H and O–H groups in total. The van der Waals surface area contributed by atoms with Crippen molar-refractivity contribution in [1.82, 2.24) is 15.1 Å². The van der Waals surface area contributed by atoms with Crippen molar-refractivity contribution in [3.8, 4) is 0 Å². The average Bonchev–Trinajstić information content (AvgIpc) is 2.92. The number of hydrogen-bond donors (Lipinski definition) is 1. The van der Waals surface area contributed by atoms with E-state index < -0.39 is 0 Å². The number of hydrogen-bond acceptors (Lipinski definition) is 4. The maximum absolute atomic E-state index is 12.0. The van der Waals surface area contributed by atoms with Gasteiger partial charge in [-0.2, -0.15) is 0 Å². The summed E-state index contributed by atoms with van der Waals surface area (Å²) in [5, 5.41) is 3.18. The Bertz CT molecular complexity index is 416. The Hall–Kier alpha value is -1.53. The van der Waals surface area contributed by atoms with Gasteiger partial charge in [-0.3, -0.25) is 9.59 Å². The predicted octanol–water partition coefficient (Wildman–Crippen LogP) is 0.205. The van der Waals surface area contributed by atoms with E-state index in [1.165, 1.54) is 11.2 Å². The summed E-state index contributed by atoms with van der Waals surface area (Å²) in [5.41, 5.74) is 0. The van der Waals surface area contributed by atoms with Crippen LogP contribution >= 0.6 is 12.4 Å². The van der Waals surface area contributed by atoms with Crippen molar-refractivity contribution in [3.05, 3.63) is 24.2 Å². The largest absolute Gasteiger partial charge is 0.459 e. The normalized spacial score (nSPS) is 14.7. The van der Waals surface area contributed by atoms with E-state index in [9.17, 15) is 9.59 Å². The maximum Gasteiger partial charge on any atom is 0.289 e. The van der Waals surface area contributed by atoms with Crippen LogP contribution in [0.1, 0.15) is 10.6 Å². The molecule has 0 saturated carbocycles. The molecule has 0 bridgehead atoms. The molecule has 7 heteroatoms. The molecule has 0 aromatic carbocycles. The third-order valence-electron chi connectivity index (χ3n) is 2.92. The molecule has 19 heavy (non-hydrogen) atoms. The quantitative estimate of drug-likeness (QED) is 0.863. The second kappa shape index (κ2) is 7.16. The number of halogens is 1. The average molecular weight is 288 g/mol. The Morgan fingerprint density at radius 3 is 2.68 bits per heavy atom. The molecule has 1 aromatic rings. The highest BCUT2D eigenvalue weighted by atomic mass is 35.5. The number of amides is 2. The molecular weight excluding hydrogens is 270 g/mol. The van der Waals surface area contributed by atoms with E-state index in [1.807, 2.05) is 0 Å². The lowest BCUT2D eigenvalue weighted by molar-refractivity contribution is -0.132. The number of carbonyl (C=O) groups excluding carboxylic acids is 2. The molecule has 0 atom stereocenters. The van der Waals surface area contributed by atoms with Crippen LogP contribution in [-0.2, 0) is 4.79 Å². The zero-order valence-electron chi connectivity index (χ0n) is 10.8. The van der Waals surface area contributed by atoms with Crippen LogP contribution in [0.25, 0.3) is 0 Å². The van der Waals surface area contributed by atoms with E-state index in [4.69, 9.17) is 4.42 Å². The molecule has 0 unspecified atom stereocenters. The van der Waals surface area contributed by atoms with Crippen LogP contribution in [0.2, 0.25) is 0 Å². The molecule has 2 amide bonds. The van der Waals surface area contributed by atoms with Gasteiger partial charge in [0.05, 0.1) is 12.8 Å². The van der Waals surface area contributed by atoms with Crippen molar-refractivity contribution in [2.45, 2.75) is 0 Å². The van der Waals surface area contributed by atoms with Crippen molar-refractivity contribution in [2.24, 2.45) is 0 Å².